The lowest BCUT2D eigenvalue weighted by molar-refractivity contribution is 0.102. The second-order valence-corrected chi connectivity index (χ2v) is 8.10. The zero-order valence-electron chi connectivity index (χ0n) is 16.2. The zero-order chi connectivity index (χ0) is 20.9. The fraction of sp³-hybridized carbons (Fsp3) is 0.368. The minimum absolute atomic E-state index is 0.0654. The molecule has 2 N–H and O–H groups in total. The van der Waals surface area contributed by atoms with Crippen LogP contribution in [0.3, 0.4) is 0 Å². The molecule has 1 saturated carbocycles. The molecule has 0 bridgehead atoms. The summed E-state index contributed by atoms with van der Waals surface area (Å²) in [5.41, 5.74) is 0.526. The first-order chi connectivity index (χ1) is 13.9. The van der Waals surface area contributed by atoms with Gasteiger partial charge in [0.05, 0.1) is 13.7 Å². The van der Waals surface area contributed by atoms with Crippen LogP contribution in [-0.2, 0) is 14.8 Å². The number of nitrogens with one attached hydrogen (secondary N) is 2. The van der Waals surface area contributed by atoms with Gasteiger partial charge in [-0.1, -0.05) is 0 Å². The van der Waals surface area contributed by atoms with E-state index in [1.807, 2.05) is 0 Å². The average Bonchev–Trinajstić information content (AvgIpc) is 3.52. The highest BCUT2D eigenvalue weighted by molar-refractivity contribution is 7.89. The molecule has 156 valence electrons. The molecular formula is C19H23N3O6S. The number of sulfonamides is 1. The summed E-state index contributed by atoms with van der Waals surface area (Å²) in [5, 5.41) is 2.70. The highest BCUT2D eigenvalue weighted by Gasteiger charge is 2.30. The van der Waals surface area contributed by atoms with Gasteiger partial charge in [0.15, 0.2) is 0 Å². The summed E-state index contributed by atoms with van der Waals surface area (Å²) in [6, 6.07) is 7.47. The van der Waals surface area contributed by atoms with Crippen molar-refractivity contribution in [2.45, 2.75) is 23.8 Å². The number of pyridine rings is 1. The Morgan fingerprint density at radius 2 is 2.00 bits per heavy atom. The minimum atomic E-state index is -3.80. The summed E-state index contributed by atoms with van der Waals surface area (Å²) in [5.74, 6) is -0.0885. The first-order valence-corrected chi connectivity index (χ1v) is 10.5. The molecule has 9 nitrogen and oxygen atoms in total. The number of hydrogen-bond acceptors (Lipinski definition) is 7. The van der Waals surface area contributed by atoms with E-state index >= 15 is 0 Å². The van der Waals surface area contributed by atoms with Gasteiger partial charge in [-0.25, -0.2) is 18.1 Å². The lowest BCUT2D eigenvalue weighted by Crippen LogP contribution is -2.26. The van der Waals surface area contributed by atoms with Crippen LogP contribution in [0.1, 0.15) is 23.2 Å². The van der Waals surface area contributed by atoms with Gasteiger partial charge in [0.2, 0.25) is 15.9 Å². The molecule has 1 aromatic carbocycles. The smallest absolute Gasteiger partial charge is 0.255 e. The topological polar surface area (TPSA) is 116 Å². The van der Waals surface area contributed by atoms with E-state index in [9.17, 15) is 13.2 Å². The predicted molar refractivity (Wildman–Crippen MR) is 106 cm³/mol. The first-order valence-electron chi connectivity index (χ1n) is 9.03. The van der Waals surface area contributed by atoms with Crippen LogP contribution in [0.15, 0.2) is 41.4 Å². The molecule has 2 aromatic rings. The van der Waals surface area contributed by atoms with E-state index in [1.54, 1.807) is 25.4 Å². The Hall–Kier alpha value is -2.69. The fourth-order valence-electron chi connectivity index (χ4n) is 2.53. The van der Waals surface area contributed by atoms with Gasteiger partial charge in [-0.2, -0.15) is 0 Å². The number of ether oxygens (including phenoxy) is 3. The highest BCUT2D eigenvalue weighted by Crippen LogP contribution is 2.29. The second-order valence-electron chi connectivity index (χ2n) is 6.41. The Kier molecular flexibility index (Phi) is 6.68. The molecule has 0 aliphatic heterocycles. The molecule has 1 aromatic heterocycles. The number of nitrogens with zero attached hydrogens (tertiary/aromatic N) is 1. The van der Waals surface area contributed by atoms with Gasteiger partial charge < -0.3 is 19.5 Å². The highest BCUT2D eigenvalue weighted by atomic mass is 32.2. The van der Waals surface area contributed by atoms with Gasteiger partial charge in [-0.3, -0.25) is 4.79 Å². The number of carbonyl (C=O) groups is 1. The number of rotatable bonds is 10. The average molecular weight is 421 g/mol. The van der Waals surface area contributed by atoms with Gasteiger partial charge in [0.25, 0.3) is 5.91 Å². The molecule has 0 unspecified atom stereocenters. The van der Waals surface area contributed by atoms with E-state index in [0.717, 1.165) is 12.8 Å². The largest absolute Gasteiger partial charge is 0.495 e. The number of carbonyl (C=O) groups excluding carboxylic acids is 1. The maximum atomic E-state index is 12.7. The summed E-state index contributed by atoms with van der Waals surface area (Å²) >= 11 is 0. The normalized spacial score (nSPS) is 13.7. The fourth-order valence-corrected chi connectivity index (χ4v) is 4.03. The number of methoxy groups -OCH3 is 2. The van der Waals surface area contributed by atoms with Crippen molar-refractivity contribution in [2.24, 2.45) is 0 Å². The SMILES string of the molecule is COCCOc1ncccc1NC(=O)c1ccc(OC)c(S(=O)(=O)NC2CC2)c1. The number of anilines is 1. The van der Waals surface area contributed by atoms with E-state index < -0.39 is 15.9 Å². The number of amides is 1. The Balaban J connectivity index is 1.82. The van der Waals surface area contributed by atoms with Crippen molar-refractivity contribution in [1.29, 1.82) is 0 Å². The summed E-state index contributed by atoms with van der Waals surface area (Å²) < 4.78 is 43.5. The standard InChI is InChI=1S/C19H23N3O6S/c1-26-10-11-28-19-15(4-3-9-20-19)21-18(23)13-5-8-16(27-2)17(12-13)29(24,25)22-14-6-7-14/h3-5,8-9,12,14,22H,6-7,10-11H2,1-2H3,(H,21,23). The van der Waals surface area contributed by atoms with Crippen LogP contribution in [0, 0.1) is 0 Å². The Morgan fingerprint density at radius 1 is 1.21 bits per heavy atom. The van der Waals surface area contributed by atoms with Crippen molar-refractivity contribution in [3.05, 3.63) is 42.1 Å². The molecule has 1 heterocycles. The lowest BCUT2D eigenvalue weighted by Gasteiger charge is -2.13. The summed E-state index contributed by atoms with van der Waals surface area (Å²) in [7, 11) is -0.865. The van der Waals surface area contributed by atoms with Crippen molar-refractivity contribution in [2.75, 3.05) is 32.8 Å². The third kappa shape index (κ3) is 5.43. The maximum absolute atomic E-state index is 12.7. The van der Waals surface area contributed by atoms with E-state index in [0.29, 0.717) is 12.3 Å². The predicted octanol–water partition coefficient (Wildman–Crippen LogP) is 1.81. The van der Waals surface area contributed by atoms with Crippen LogP contribution in [0.5, 0.6) is 11.6 Å². The van der Waals surface area contributed by atoms with Crippen molar-refractivity contribution in [1.82, 2.24) is 9.71 Å². The second kappa shape index (κ2) is 9.21. The van der Waals surface area contributed by atoms with Crippen molar-refractivity contribution >= 4 is 21.6 Å². The van der Waals surface area contributed by atoms with Crippen molar-refractivity contribution in [3.63, 3.8) is 0 Å². The van der Waals surface area contributed by atoms with E-state index in [-0.39, 0.29) is 34.7 Å². The maximum Gasteiger partial charge on any atom is 0.255 e. The van der Waals surface area contributed by atoms with Crippen LogP contribution >= 0.6 is 0 Å². The van der Waals surface area contributed by atoms with Crippen LogP contribution < -0.4 is 19.5 Å². The lowest BCUT2D eigenvalue weighted by atomic mass is 10.2. The molecule has 29 heavy (non-hydrogen) atoms. The Labute approximate surface area is 169 Å². The van der Waals surface area contributed by atoms with Gasteiger partial charge in [0.1, 0.15) is 22.9 Å². The van der Waals surface area contributed by atoms with E-state index in [4.69, 9.17) is 14.2 Å². The van der Waals surface area contributed by atoms with Crippen LogP contribution in [0.25, 0.3) is 0 Å². The molecule has 0 radical (unpaired) electrons. The third-order valence-electron chi connectivity index (χ3n) is 4.16. The molecule has 1 fully saturated rings. The molecule has 0 atom stereocenters. The van der Waals surface area contributed by atoms with E-state index in [1.165, 1.54) is 25.3 Å². The monoisotopic (exact) mass is 421 g/mol. The molecule has 0 spiro atoms. The van der Waals surface area contributed by atoms with Crippen molar-refractivity contribution < 1.29 is 27.4 Å². The Morgan fingerprint density at radius 3 is 2.69 bits per heavy atom. The number of benzene rings is 1. The number of aromatic nitrogens is 1. The minimum Gasteiger partial charge on any atom is -0.495 e. The summed E-state index contributed by atoms with van der Waals surface area (Å²) in [6.45, 7) is 0.645. The molecule has 1 aliphatic carbocycles. The molecular weight excluding hydrogens is 398 g/mol. The zero-order valence-corrected chi connectivity index (χ0v) is 17.0. The molecule has 1 amide bonds. The van der Waals surface area contributed by atoms with Crippen LogP contribution in [0.2, 0.25) is 0 Å². The van der Waals surface area contributed by atoms with Crippen molar-refractivity contribution in [3.8, 4) is 11.6 Å². The number of hydrogen-bond donors (Lipinski definition) is 2. The van der Waals surface area contributed by atoms with Gasteiger partial charge >= 0.3 is 0 Å². The quantitative estimate of drug-likeness (QED) is 0.562. The first kappa shape index (κ1) is 21.0. The molecule has 0 saturated heterocycles. The Bertz CT molecular complexity index is 976. The van der Waals surface area contributed by atoms with Gasteiger partial charge in [-0.05, 0) is 43.2 Å². The van der Waals surface area contributed by atoms with Gasteiger partial charge in [0, 0.05) is 24.9 Å². The molecule has 3 rings (SSSR count). The third-order valence-corrected chi connectivity index (χ3v) is 5.70. The van der Waals surface area contributed by atoms with Crippen LogP contribution in [0.4, 0.5) is 5.69 Å². The molecule has 1 aliphatic rings. The summed E-state index contributed by atoms with van der Waals surface area (Å²) in [4.78, 5) is 16.8. The van der Waals surface area contributed by atoms with E-state index in [2.05, 4.69) is 15.0 Å². The van der Waals surface area contributed by atoms with Gasteiger partial charge in [-0.15, -0.1) is 0 Å². The van der Waals surface area contributed by atoms with Crippen LogP contribution in [-0.4, -0.2) is 52.8 Å². The molecule has 10 heteroatoms. The summed E-state index contributed by atoms with van der Waals surface area (Å²) in [6.07, 6.45) is 3.14.